The standard InChI is InChI=1S/C38H32N2O9/c1-37(2)13-11-19-27(48-37)16-25(44)29-32(19)40(5)33-21(35(29)46)9-10-26-36(33)47-17-38(3,49-26)14-12-18-23(42)15-24(43)28-31(18)39(4)30-20(34(28)45)7-6-8-22(30)41/h6-16,41-44H,17H2,1-5H3/b14-12+/t38-/m0/s1. The first kappa shape index (κ1) is 30.2. The van der Waals surface area contributed by atoms with Gasteiger partial charge in [0.15, 0.2) is 17.1 Å². The summed E-state index contributed by atoms with van der Waals surface area (Å²) in [5.41, 5.74) is -0.199. The van der Waals surface area contributed by atoms with E-state index in [2.05, 4.69) is 0 Å². The zero-order valence-electron chi connectivity index (χ0n) is 27.3. The molecule has 49 heavy (non-hydrogen) atoms. The number of ether oxygens (including phenoxy) is 3. The summed E-state index contributed by atoms with van der Waals surface area (Å²) in [6.45, 7) is 5.60. The van der Waals surface area contributed by atoms with Crippen molar-refractivity contribution in [1.82, 2.24) is 9.13 Å². The smallest absolute Gasteiger partial charge is 0.201 e. The number of hydrogen-bond acceptors (Lipinski definition) is 9. The van der Waals surface area contributed by atoms with Gasteiger partial charge in [0.25, 0.3) is 0 Å². The lowest BCUT2D eigenvalue weighted by molar-refractivity contribution is 0.0461. The summed E-state index contributed by atoms with van der Waals surface area (Å²) < 4.78 is 22.3. The third-order valence-electron chi connectivity index (χ3n) is 9.45. The number of aromatic nitrogens is 2. The van der Waals surface area contributed by atoms with Crippen molar-refractivity contribution in [1.29, 1.82) is 0 Å². The van der Waals surface area contributed by atoms with E-state index in [9.17, 15) is 30.0 Å². The van der Waals surface area contributed by atoms with Crippen molar-refractivity contribution in [2.75, 3.05) is 6.61 Å². The number of benzene rings is 4. The normalized spacial score (nSPS) is 18.1. The van der Waals surface area contributed by atoms with Gasteiger partial charge in [0.2, 0.25) is 10.9 Å². The Balaban J connectivity index is 1.27. The number of fused-ring (bicyclic) bond motifs is 8. The fourth-order valence-electron chi connectivity index (χ4n) is 7.15. The van der Waals surface area contributed by atoms with Crippen LogP contribution in [0, 0.1) is 0 Å². The summed E-state index contributed by atoms with van der Waals surface area (Å²) in [6, 6.07) is 10.4. The van der Waals surface area contributed by atoms with E-state index >= 15 is 0 Å². The molecule has 8 rings (SSSR count). The lowest BCUT2D eigenvalue weighted by Gasteiger charge is -2.34. The Labute approximate surface area is 278 Å². The molecule has 6 aromatic rings. The van der Waals surface area contributed by atoms with Gasteiger partial charge in [-0.25, -0.2) is 0 Å². The molecule has 2 aliphatic rings. The molecule has 1 atom stereocenters. The van der Waals surface area contributed by atoms with E-state index in [0.717, 1.165) is 6.07 Å². The number of rotatable bonds is 2. The van der Waals surface area contributed by atoms with Crippen molar-refractivity contribution in [3.8, 4) is 40.2 Å². The van der Waals surface area contributed by atoms with E-state index < -0.39 is 22.4 Å². The molecule has 11 nitrogen and oxygen atoms in total. The Hall–Kier alpha value is -6.10. The van der Waals surface area contributed by atoms with Crippen molar-refractivity contribution in [2.45, 2.75) is 32.0 Å². The SMILES string of the molecule is Cn1c2c3c(ccc2c(=O)c2c(O)cc4c(c21)C=CC(C)(C)O4)O[C@@](C)(/C=C/c1c(O)cc(O)c2c(=O)c4cccc(O)c4n(C)c12)CO3. The average molecular weight is 661 g/mol. The minimum atomic E-state index is -1.08. The minimum absolute atomic E-state index is 0.00833. The largest absolute Gasteiger partial charge is 0.507 e. The number of phenolic OH excluding ortho intramolecular Hbond substituents is 4. The first-order chi connectivity index (χ1) is 23.2. The van der Waals surface area contributed by atoms with Crippen LogP contribution in [0.2, 0.25) is 0 Å². The Kier molecular flexibility index (Phi) is 6.15. The maximum atomic E-state index is 13.8. The predicted molar refractivity (Wildman–Crippen MR) is 187 cm³/mol. The number of aromatic hydroxyl groups is 4. The number of phenols is 4. The summed E-state index contributed by atoms with van der Waals surface area (Å²) >= 11 is 0. The van der Waals surface area contributed by atoms with Crippen molar-refractivity contribution in [3.63, 3.8) is 0 Å². The van der Waals surface area contributed by atoms with Crippen LogP contribution in [0.5, 0.6) is 40.2 Å². The Bertz CT molecular complexity index is 2660. The van der Waals surface area contributed by atoms with Crippen LogP contribution in [0.4, 0.5) is 0 Å². The molecule has 4 heterocycles. The van der Waals surface area contributed by atoms with E-state index in [1.54, 1.807) is 66.6 Å². The van der Waals surface area contributed by atoms with Gasteiger partial charge in [-0.2, -0.15) is 0 Å². The van der Waals surface area contributed by atoms with E-state index in [-0.39, 0.29) is 62.0 Å². The van der Waals surface area contributed by atoms with Crippen molar-refractivity contribution >= 4 is 55.8 Å². The Morgan fingerprint density at radius 3 is 2.16 bits per heavy atom. The molecule has 2 aliphatic heterocycles. The lowest BCUT2D eigenvalue weighted by Crippen LogP contribution is -2.40. The third-order valence-corrected chi connectivity index (χ3v) is 9.45. The molecule has 0 aliphatic carbocycles. The summed E-state index contributed by atoms with van der Waals surface area (Å²) in [4.78, 5) is 27.3. The summed E-state index contributed by atoms with van der Waals surface area (Å²) in [7, 11) is 3.43. The first-order valence-electron chi connectivity index (χ1n) is 15.6. The minimum Gasteiger partial charge on any atom is -0.507 e. The monoisotopic (exact) mass is 660 g/mol. The zero-order valence-corrected chi connectivity index (χ0v) is 27.3. The topological polar surface area (TPSA) is 153 Å². The van der Waals surface area contributed by atoms with Crippen LogP contribution in [0.15, 0.2) is 64.2 Å². The van der Waals surface area contributed by atoms with Crippen LogP contribution < -0.4 is 25.1 Å². The molecule has 4 N–H and O–H groups in total. The second-order valence-corrected chi connectivity index (χ2v) is 13.4. The predicted octanol–water partition coefficient (Wildman–Crippen LogP) is 5.95. The summed E-state index contributed by atoms with van der Waals surface area (Å²) in [5, 5.41) is 44.0. The molecule has 0 amide bonds. The Morgan fingerprint density at radius 1 is 0.735 bits per heavy atom. The molecule has 0 spiro atoms. The lowest BCUT2D eigenvalue weighted by atomic mass is 9.97. The molecule has 0 fully saturated rings. The molecule has 4 aromatic carbocycles. The molecule has 0 bridgehead atoms. The summed E-state index contributed by atoms with van der Waals surface area (Å²) in [6.07, 6.45) is 7.06. The number of nitrogens with zero attached hydrogens (tertiary/aromatic N) is 2. The maximum absolute atomic E-state index is 13.8. The third kappa shape index (κ3) is 4.28. The van der Waals surface area contributed by atoms with Gasteiger partial charge in [0.05, 0.1) is 43.6 Å². The van der Waals surface area contributed by atoms with Crippen LogP contribution in [-0.2, 0) is 14.1 Å². The van der Waals surface area contributed by atoms with Crippen molar-refractivity contribution in [3.05, 3.63) is 86.2 Å². The van der Waals surface area contributed by atoms with Crippen molar-refractivity contribution in [2.24, 2.45) is 14.1 Å². The van der Waals surface area contributed by atoms with Gasteiger partial charge < -0.3 is 43.8 Å². The van der Waals surface area contributed by atoms with Gasteiger partial charge in [0.1, 0.15) is 41.0 Å². The molecular weight excluding hydrogens is 628 g/mol. The van der Waals surface area contributed by atoms with E-state index in [1.807, 2.05) is 26.0 Å². The molecule has 11 heteroatoms. The molecule has 248 valence electrons. The fraction of sp³-hybridized carbons (Fsp3) is 0.211. The highest BCUT2D eigenvalue weighted by molar-refractivity contribution is 6.05. The number of para-hydroxylation sites is 1. The molecule has 0 saturated heterocycles. The van der Waals surface area contributed by atoms with Crippen LogP contribution in [0.25, 0.3) is 55.8 Å². The second kappa shape index (κ2) is 9.96. The molecular formula is C38H32N2O9. The van der Waals surface area contributed by atoms with Crippen LogP contribution in [0.1, 0.15) is 31.9 Å². The second-order valence-electron chi connectivity index (χ2n) is 13.4. The first-order valence-corrected chi connectivity index (χ1v) is 15.6. The maximum Gasteiger partial charge on any atom is 0.201 e. The highest BCUT2D eigenvalue weighted by Gasteiger charge is 2.34. The van der Waals surface area contributed by atoms with Gasteiger partial charge in [-0.3, -0.25) is 9.59 Å². The zero-order chi connectivity index (χ0) is 34.7. The number of pyridine rings is 2. The Morgan fingerprint density at radius 2 is 1.41 bits per heavy atom. The molecule has 0 radical (unpaired) electrons. The quantitative estimate of drug-likeness (QED) is 0.165. The van der Waals surface area contributed by atoms with Gasteiger partial charge in [0, 0.05) is 37.4 Å². The average Bonchev–Trinajstić information content (AvgIpc) is 3.03. The number of aryl methyl sites for hydroxylation is 2. The number of hydrogen-bond donors (Lipinski definition) is 4. The van der Waals surface area contributed by atoms with E-state index in [1.165, 1.54) is 12.1 Å². The molecule has 2 aromatic heterocycles. The van der Waals surface area contributed by atoms with Crippen LogP contribution in [-0.4, -0.2) is 47.4 Å². The van der Waals surface area contributed by atoms with Gasteiger partial charge in [-0.05, 0) is 69.3 Å². The highest BCUT2D eigenvalue weighted by atomic mass is 16.6. The molecule has 0 saturated carbocycles. The fourth-order valence-corrected chi connectivity index (χ4v) is 7.15. The van der Waals surface area contributed by atoms with E-state index in [4.69, 9.17) is 14.2 Å². The van der Waals surface area contributed by atoms with E-state index in [0.29, 0.717) is 39.2 Å². The van der Waals surface area contributed by atoms with Gasteiger partial charge in [-0.1, -0.05) is 6.07 Å². The molecule has 0 unspecified atom stereocenters. The highest BCUT2D eigenvalue weighted by Crippen LogP contribution is 2.45. The van der Waals surface area contributed by atoms with Crippen molar-refractivity contribution < 1.29 is 34.6 Å². The van der Waals surface area contributed by atoms with Gasteiger partial charge >= 0.3 is 0 Å². The van der Waals surface area contributed by atoms with Gasteiger partial charge in [-0.15, -0.1) is 0 Å². The summed E-state index contributed by atoms with van der Waals surface area (Å²) in [5.74, 6) is 0.196. The van der Waals surface area contributed by atoms with Crippen LogP contribution >= 0.6 is 0 Å². The van der Waals surface area contributed by atoms with Crippen LogP contribution in [0.3, 0.4) is 0 Å².